The molecule has 2 N–H and O–H groups in total. The van der Waals surface area contributed by atoms with Gasteiger partial charge in [-0.1, -0.05) is 18.2 Å². The number of hydrogen-bond acceptors (Lipinski definition) is 6. The fourth-order valence-corrected chi connectivity index (χ4v) is 5.94. The van der Waals surface area contributed by atoms with Crippen LogP contribution in [0.1, 0.15) is 34.8 Å². The van der Waals surface area contributed by atoms with Gasteiger partial charge in [0.15, 0.2) is 0 Å². The number of carbonyl (C=O) groups is 2. The van der Waals surface area contributed by atoms with Crippen LogP contribution in [0, 0.1) is 12.8 Å². The van der Waals surface area contributed by atoms with Crippen molar-refractivity contribution in [2.75, 3.05) is 18.4 Å². The van der Waals surface area contributed by atoms with E-state index in [1.165, 1.54) is 0 Å². The first-order chi connectivity index (χ1) is 13.6. The van der Waals surface area contributed by atoms with Crippen molar-refractivity contribution in [3.05, 3.63) is 39.8 Å². The molecule has 146 valence electrons. The van der Waals surface area contributed by atoms with E-state index in [1.807, 2.05) is 31.2 Å². The predicted octanol–water partition coefficient (Wildman–Crippen LogP) is 1.84. The zero-order chi connectivity index (χ0) is 19.3. The number of rotatable bonds is 4. The molecule has 2 amide bonds. The van der Waals surface area contributed by atoms with E-state index in [0.29, 0.717) is 19.0 Å². The van der Waals surface area contributed by atoms with E-state index in [0.717, 1.165) is 47.1 Å². The molecule has 0 aliphatic carbocycles. The van der Waals surface area contributed by atoms with Crippen LogP contribution < -0.4 is 10.6 Å². The summed E-state index contributed by atoms with van der Waals surface area (Å²) >= 11 is 1.55. The molecule has 1 spiro atoms. The van der Waals surface area contributed by atoms with Crippen LogP contribution in [0.3, 0.4) is 0 Å². The van der Waals surface area contributed by atoms with Gasteiger partial charge in [-0.05, 0) is 38.8 Å². The van der Waals surface area contributed by atoms with Gasteiger partial charge in [-0.25, -0.2) is 0 Å². The van der Waals surface area contributed by atoms with E-state index >= 15 is 0 Å². The third-order valence-corrected chi connectivity index (χ3v) is 7.20. The normalized spacial score (nSPS) is 28.4. The number of nitrogens with zero attached hydrogens (tertiary/aromatic N) is 3. The molecule has 0 bridgehead atoms. The minimum atomic E-state index is -0.874. The second-order valence-corrected chi connectivity index (χ2v) is 9.07. The number of fused-ring (bicyclic) bond motifs is 4. The zero-order valence-corrected chi connectivity index (χ0v) is 16.6. The Kier molecular flexibility index (Phi) is 4.21. The molecule has 2 saturated heterocycles. The quantitative estimate of drug-likeness (QED) is 0.822. The summed E-state index contributed by atoms with van der Waals surface area (Å²) < 4.78 is 0. The molecule has 0 radical (unpaired) electrons. The van der Waals surface area contributed by atoms with Crippen LogP contribution in [0.5, 0.6) is 0 Å². The number of aryl methyl sites for hydroxylation is 1. The molecular formula is C20H23N5O2S. The van der Waals surface area contributed by atoms with Crippen molar-refractivity contribution < 1.29 is 9.59 Å². The standard InChI is InChI=1S/C20H23N5O2S/c1-12-23-24-17(28-12)8-9-21-18(26)15-11-13-5-4-10-25(13)20(15)14-6-2-3-7-16(14)22-19(20)27/h2-3,6-7,13,15H,4-5,8-11H2,1H3,(H,21,26)(H,22,27)/t13-,15+,20+/m1/s1. The first-order valence-corrected chi connectivity index (χ1v) is 10.7. The number of hydrogen-bond donors (Lipinski definition) is 2. The Balaban J connectivity index is 1.42. The summed E-state index contributed by atoms with van der Waals surface area (Å²) in [6.45, 7) is 3.29. The molecule has 0 saturated carbocycles. The maximum absolute atomic E-state index is 13.3. The topological polar surface area (TPSA) is 87.2 Å². The Morgan fingerprint density at radius 1 is 1.39 bits per heavy atom. The van der Waals surface area contributed by atoms with Gasteiger partial charge in [0.05, 0.1) is 5.92 Å². The summed E-state index contributed by atoms with van der Waals surface area (Å²) in [6.07, 6.45) is 3.51. The highest BCUT2D eigenvalue weighted by atomic mass is 32.1. The van der Waals surface area contributed by atoms with Crippen molar-refractivity contribution in [2.24, 2.45) is 5.92 Å². The number of anilines is 1. The molecule has 1 aromatic heterocycles. The van der Waals surface area contributed by atoms with Gasteiger partial charge in [-0.2, -0.15) is 0 Å². The first-order valence-electron chi connectivity index (χ1n) is 9.85. The monoisotopic (exact) mass is 397 g/mol. The number of para-hydroxylation sites is 1. The van der Waals surface area contributed by atoms with Crippen molar-refractivity contribution in [3.8, 4) is 0 Å². The zero-order valence-electron chi connectivity index (χ0n) is 15.8. The molecule has 28 heavy (non-hydrogen) atoms. The van der Waals surface area contributed by atoms with Gasteiger partial charge in [0.25, 0.3) is 0 Å². The van der Waals surface area contributed by atoms with Crippen molar-refractivity contribution in [1.82, 2.24) is 20.4 Å². The van der Waals surface area contributed by atoms with Crippen LogP contribution in [0.2, 0.25) is 0 Å². The third kappa shape index (κ3) is 2.51. The average Bonchev–Trinajstić information content (AvgIpc) is 3.41. The molecule has 3 aliphatic rings. The average molecular weight is 398 g/mol. The van der Waals surface area contributed by atoms with E-state index in [1.54, 1.807) is 11.3 Å². The van der Waals surface area contributed by atoms with Crippen molar-refractivity contribution in [3.63, 3.8) is 0 Å². The molecule has 4 heterocycles. The smallest absolute Gasteiger partial charge is 0.250 e. The molecular weight excluding hydrogens is 374 g/mol. The summed E-state index contributed by atoms with van der Waals surface area (Å²) in [5.74, 6) is -0.474. The number of aromatic nitrogens is 2. The molecule has 7 nitrogen and oxygen atoms in total. The molecule has 1 aromatic carbocycles. The molecule has 5 rings (SSSR count). The van der Waals surface area contributed by atoms with Gasteiger partial charge in [0, 0.05) is 30.3 Å². The summed E-state index contributed by atoms with van der Waals surface area (Å²) in [5.41, 5.74) is 0.910. The lowest BCUT2D eigenvalue weighted by atomic mass is 9.78. The van der Waals surface area contributed by atoms with Gasteiger partial charge in [-0.15, -0.1) is 21.5 Å². The van der Waals surface area contributed by atoms with E-state index in [2.05, 4.69) is 25.7 Å². The van der Waals surface area contributed by atoms with E-state index in [4.69, 9.17) is 0 Å². The van der Waals surface area contributed by atoms with Gasteiger partial charge in [0.1, 0.15) is 15.6 Å². The molecule has 2 fully saturated rings. The van der Waals surface area contributed by atoms with Gasteiger partial charge >= 0.3 is 0 Å². The van der Waals surface area contributed by atoms with E-state index in [9.17, 15) is 9.59 Å². The van der Waals surface area contributed by atoms with Crippen LogP contribution in [-0.4, -0.2) is 46.0 Å². The Morgan fingerprint density at radius 2 is 2.25 bits per heavy atom. The van der Waals surface area contributed by atoms with Gasteiger partial charge < -0.3 is 10.6 Å². The van der Waals surface area contributed by atoms with Crippen LogP contribution in [0.4, 0.5) is 5.69 Å². The second kappa shape index (κ2) is 6.63. The highest BCUT2D eigenvalue weighted by molar-refractivity contribution is 7.11. The summed E-state index contributed by atoms with van der Waals surface area (Å²) in [4.78, 5) is 28.8. The van der Waals surface area contributed by atoms with Crippen molar-refractivity contribution >= 4 is 28.8 Å². The van der Waals surface area contributed by atoms with Gasteiger partial charge in [-0.3, -0.25) is 14.5 Å². The minimum absolute atomic E-state index is 0.0394. The SMILES string of the molecule is Cc1nnc(CCNC(=O)[C@@H]2C[C@H]3CCCN3[C@]23C(=O)Nc2ccccc23)s1. The number of benzene rings is 1. The fraction of sp³-hybridized carbons (Fsp3) is 0.500. The lowest BCUT2D eigenvalue weighted by Crippen LogP contribution is -2.54. The molecule has 0 unspecified atom stereocenters. The van der Waals surface area contributed by atoms with E-state index in [-0.39, 0.29) is 17.7 Å². The van der Waals surface area contributed by atoms with Crippen LogP contribution >= 0.6 is 11.3 Å². The maximum atomic E-state index is 13.3. The molecule has 8 heteroatoms. The largest absolute Gasteiger partial charge is 0.355 e. The molecule has 3 aliphatic heterocycles. The fourth-order valence-electron chi connectivity index (χ4n) is 5.23. The molecule has 2 aromatic rings. The highest BCUT2D eigenvalue weighted by Crippen LogP contribution is 2.55. The Labute approximate surface area is 167 Å². The summed E-state index contributed by atoms with van der Waals surface area (Å²) in [6, 6.07) is 8.10. The number of carbonyl (C=O) groups excluding carboxylic acids is 2. The van der Waals surface area contributed by atoms with Crippen LogP contribution in [0.25, 0.3) is 0 Å². The Bertz CT molecular complexity index is 944. The number of amides is 2. The van der Waals surface area contributed by atoms with Crippen molar-refractivity contribution in [1.29, 1.82) is 0 Å². The highest BCUT2D eigenvalue weighted by Gasteiger charge is 2.65. The lowest BCUT2D eigenvalue weighted by Gasteiger charge is -2.36. The van der Waals surface area contributed by atoms with Gasteiger partial charge in [0.2, 0.25) is 11.8 Å². The minimum Gasteiger partial charge on any atom is -0.355 e. The summed E-state index contributed by atoms with van der Waals surface area (Å²) in [7, 11) is 0. The first kappa shape index (κ1) is 17.8. The van der Waals surface area contributed by atoms with Crippen LogP contribution in [0.15, 0.2) is 24.3 Å². The number of nitrogens with one attached hydrogen (secondary N) is 2. The van der Waals surface area contributed by atoms with E-state index < -0.39 is 5.54 Å². The predicted molar refractivity (Wildman–Crippen MR) is 106 cm³/mol. The Morgan fingerprint density at radius 3 is 3.07 bits per heavy atom. The maximum Gasteiger partial charge on any atom is 0.250 e. The Hall–Kier alpha value is -2.32. The van der Waals surface area contributed by atoms with Crippen LogP contribution in [-0.2, 0) is 21.5 Å². The second-order valence-electron chi connectivity index (χ2n) is 7.80. The molecule has 3 atom stereocenters. The third-order valence-electron chi connectivity index (χ3n) is 6.30. The summed E-state index contributed by atoms with van der Waals surface area (Å²) in [5, 5.41) is 16.1. The lowest BCUT2D eigenvalue weighted by molar-refractivity contribution is -0.137. The van der Waals surface area contributed by atoms with Crippen molar-refractivity contribution in [2.45, 2.75) is 44.2 Å².